The Hall–Kier alpha value is -2.39. The second kappa shape index (κ2) is 7.92. The molecule has 9 heteroatoms. The van der Waals surface area contributed by atoms with Gasteiger partial charge in [-0.15, -0.1) is 17.9 Å². The van der Waals surface area contributed by atoms with Crippen LogP contribution < -0.4 is 10.9 Å². The number of hydrogen-bond acceptors (Lipinski definition) is 6. The molecule has 0 aromatic carbocycles. The van der Waals surface area contributed by atoms with Gasteiger partial charge in [0.2, 0.25) is 5.91 Å². The number of allylic oxidation sites excluding steroid dienone is 1. The fourth-order valence-electron chi connectivity index (χ4n) is 2.97. The SMILES string of the molecule is C=CCn1c(SCC(=O)Nc2c(C)nn(C)c2C)nc2sc(C)c(C)c2c1=O. The highest BCUT2D eigenvalue weighted by Gasteiger charge is 2.18. The van der Waals surface area contributed by atoms with Crippen molar-refractivity contribution < 1.29 is 4.79 Å². The van der Waals surface area contributed by atoms with Crippen molar-refractivity contribution in [3.05, 3.63) is 44.8 Å². The molecule has 0 saturated heterocycles. The summed E-state index contributed by atoms with van der Waals surface area (Å²) in [7, 11) is 1.84. The molecular formula is C19H23N5O2S2. The summed E-state index contributed by atoms with van der Waals surface area (Å²) in [6.07, 6.45) is 1.66. The van der Waals surface area contributed by atoms with Gasteiger partial charge in [-0.1, -0.05) is 17.8 Å². The summed E-state index contributed by atoms with van der Waals surface area (Å²) in [5.41, 5.74) is 3.26. The Bertz CT molecular complexity index is 1140. The largest absolute Gasteiger partial charge is 0.322 e. The molecular weight excluding hydrogens is 394 g/mol. The molecule has 0 radical (unpaired) electrons. The number of thioether (sulfide) groups is 1. The van der Waals surface area contributed by atoms with Gasteiger partial charge in [-0.05, 0) is 33.3 Å². The summed E-state index contributed by atoms with van der Waals surface area (Å²) in [6, 6.07) is 0. The predicted molar refractivity (Wildman–Crippen MR) is 116 cm³/mol. The highest BCUT2D eigenvalue weighted by atomic mass is 32.2. The molecule has 1 N–H and O–H groups in total. The molecule has 0 spiro atoms. The molecule has 3 rings (SSSR count). The molecule has 3 heterocycles. The lowest BCUT2D eigenvalue weighted by Gasteiger charge is -2.10. The van der Waals surface area contributed by atoms with Crippen LogP contribution in [-0.4, -0.2) is 31.0 Å². The Labute approximate surface area is 171 Å². The fraction of sp³-hybridized carbons (Fsp3) is 0.368. The third kappa shape index (κ3) is 3.64. The Morgan fingerprint density at radius 1 is 1.32 bits per heavy atom. The zero-order chi connectivity index (χ0) is 20.6. The number of amides is 1. The van der Waals surface area contributed by atoms with E-state index in [-0.39, 0.29) is 17.2 Å². The van der Waals surface area contributed by atoms with Gasteiger partial charge < -0.3 is 5.32 Å². The lowest BCUT2D eigenvalue weighted by atomic mass is 10.2. The Morgan fingerprint density at radius 2 is 2.04 bits per heavy atom. The van der Waals surface area contributed by atoms with Crippen LogP contribution in [0, 0.1) is 27.7 Å². The minimum absolute atomic E-state index is 0.0893. The predicted octanol–water partition coefficient (Wildman–Crippen LogP) is 3.34. The first-order chi connectivity index (χ1) is 13.2. The summed E-state index contributed by atoms with van der Waals surface area (Å²) < 4.78 is 3.31. The van der Waals surface area contributed by atoms with E-state index in [0.29, 0.717) is 21.9 Å². The van der Waals surface area contributed by atoms with Crippen LogP contribution in [0.25, 0.3) is 10.2 Å². The smallest absolute Gasteiger partial charge is 0.263 e. The molecule has 3 aromatic heterocycles. The monoisotopic (exact) mass is 417 g/mol. The minimum Gasteiger partial charge on any atom is -0.322 e. The average Bonchev–Trinajstić information content (AvgIpc) is 3.06. The second-order valence-corrected chi connectivity index (χ2v) is 8.71. The molecule has 7 nitrogen and oxygen atoms in total. The first-order valence-electron chi connectivity index (χ1n) is 8.78. The number of hydrogen-bond donors (Lipinski definition) is 1. The molecule has 1 amide bonds. The van der Waals surface area contributed by atoms with E-state index in [0.717, 1.165) is 27.5 Å². The molecule has 0 aliphatic rings. The quantitative estimate of drug-likeness (QED) is 0.378. The molecule has 0 aliphatic carbocycles. The van der Waals surface area contributed by atoms with Crippen molar-refractivity contribution in [2.45, 2.75) is 39.4 Å². The Morgan fingerprint density at radius 3 is 2.64 bits per heavy atom. The van der Waals surface area contributed by atoms with Gasteiger partial charge >= 0.3 is 0 Å². The van der Waals surface area contributed by atoms with E-state index in [1.807, 2.05) is 34.7 Å². The van der Waals surface area contributed by atoms with Gasteiger partial charge in [-0.2, -0.15) is 5.10 Å². The zero-order valence-corrected chi connectivity index (χ0v) is 18.3. The van der Waals surface area contributed by atoms with E-state index in [2.05, 4.69) is 22.0 Å². The van der Waals surface area contributed by atoms with Crippen LogP contribution in [0.3, 0.4) is 0 Å². The molecule has 0 atom stereocenters. The summed E-state index contributed by atoms with van der Waals surface area (Å²) in [6.45, 7) is 11.8. The van der Waals surface area contributed by atoms with Crippen molar-refractivity contribution in [3.8, 4) is 0 Å². The number of carbonyl (C=O) groups is 1. The number of rotatable bonds is 6. The van der Waals surface area contributed by atoms with Crippen LogP contribution in [0.4, 0.5) is 5.69 Å². The van der Waals surface area contributed by atoms with Crippen LogP contribution >= 0.6 is 23.1 Å². The van der Waals surface area contributed by atoms with E-state index in [1.165, 1.54) is 23.1 Å². The lowest BCUT2D eigenvalue weighted by molar-refractivity contribution is -0.113. The topological polar surface area (TPSA) is 81.8 Å². The van der Waals surface area contributed by atoms with Gasteiger partial charge in [0, 0.05) is 18.5 Å². The number of thiophene rings is 1. The molecule has 0 unspecified atom stereocenters. The highest BCUT2D eigenvalue weighted by Crippen LogP contribution is 2.28. The van der Waals surface area contributed by atoms with Gasteiger partial charge in [-0.3, -0.25) is 18.8 Å². The standard InChI is InChI=1S/C19H23N5O2S2/c1-7-8-24-18(26)15-10(2)13(5)28-17(15)21-19(24)27-9-14(25)20-16-11(3)22-23(6)12(16)4/h7H,1,8-9H2,2-6H3,(H,20,25). The van der Waals surface area contributed by atoms with Crippen LogP contribution in [0.2, 0.25) is 0 Å². The zero-order valence-electron chi connectivity index (χ0n) is 16.6. The lowest BCUT2D eigenvalue weighted by Crippen LogP contribution is -2.23. The van der Waals surface area contributed by atoms with Gasteiger partial charge in [0.25, 0.3) is 5.56 Å². The van der Waals surface area contributed by atoms with Gasteiger partial charge in [-0.25, -0.2) is 4.98 Å². The minimum atomic E-state index is -0.165. The fourth-order valence-corrected chi connectivity index (χ4v) is 4.85. The van der Waals surface area contributed by atoms with Gasteiger partial charge in [0.15, 0.2) is 5.16 Å². The van der Waals surface area contributed by atoms with Crippen molar-refractivity contribution >= 4 is 44.9 Å². The van der Waals surface area contributed by atoms with Crippen molar-refractivity contribution in [3.63, 3.8) is 0 Å². The maximum atomic E-state index is 13.0. The number of nitrogens with zero attached hydrogens (tertiary/aromatic N) is 4. The molecule has 0 saturated carbocycles. The molecule has 28 heavy (non-hydrogen) atoms. The molecule has 0 bridgehead atoms. The number of carbonyl (C=O) groups excluding carboxylic acids is 1. The van der Waals surface area contributed by atoms with Crippen LogP contribution in [0.5, 0.6) is 0 Å². The average molecular weight is 418 g/mol. The molecule has 148 valence electrons. The van der Waals surface area contributed by atoms with Gasteiger partial charge in [0.1, 0.15) is 4.83 Å². The van der Waals surface area contributed by atoms with Gasteiger partial charge in [0.05, 0.1) is 28.2 Å². The van der Waals surface area contributed by atoms with E-state index < -0.39 is 0 Å². The number of aromatic nitrogens is 4. The first kappa shape index (κ1) is 20.3. The molecule has 3 aromatic rings. The van der Waals surface area contributed by atoms with E-state index >= 15 is 0 Å². The number of aryl methyl sites for hydroxylation is 4. The second-order valence-electron chi connectivity index (χ2n) is 6.57. The van der Waals surface area contributed by atoms with Crippen LogP contribution in [0.1, 0.15) is 21.8 Å². The third-order valence-corrected chi connectivity index (χ3v) is 6.75. The summed E-state index contributed by atoms with van der Waals surface area (Å²) >= 11 is 2.75. The maximum absolute atomic E-state index is 13.0. The summed E-state index contributed by atoms with van der Waals surface area (Å²) in [5.74, 6) is -0.0195. The summed E-state index contributed by atoms with van der Waals surface area (Å²) in [5, 5.41) is 8.39. The maximum Gasteiger partial charge on any atom is 0.263 e. The summed E-state index contributed by atoms with van der Waals surface area (Å²) in [4.78, 5) is 31.9. The van der Waals surface area contributed by atoms with Crippen LogP contribution in [-0.2, 0) is 18.4 Å². The van der Waals surface area contributed by atoms with E-state index in [4.69, 9.17) is 0 Å². The van der Waals surface area contributed by atoms with Crippen molar-refractivity contribution in [1.29, 1.82) is 0 Å². The number of anilines is 1. The van der Waals surface area contributed by atoms with E-state index in [9.17, 15) is 9.59 Å². The Balaban J connectivity index is 1.87. The highest BCUT2D eigenvalue weighted by molar-refractivity contribution is 7.99. The van der Waals surface area contributed by atoms with E-state index in [1.54, 1.807) is 15.3 Å². The Kier molecular flexibility index (Phi) is 5.76. The number of fused-ring (bicyclic) bond motifs is 1. The molecule has 0 aliphatic heterocycles. The van der Waals surface area contributed by atoms with Crippen molar-refractivity contribution in [1.82, 2.24) is 19.3 Å². The van der Waals surface area contributed by atoms with Crippen molar-refractivity contribution in [2.24, 2.45) is 7.05 Å². The number of nitrogens with one attached hydrogen (secondary N) is 1. The molecule has 0 fully saturated rings. The first-order valence-corrected chi connectivity index (χ1v) is 10.6. The van der Waals surface area contributed by atoms with Crippen molar-refractivity contribution in [2.75, 3.05) is 11.1 Å². The third-order valence-electron chi connectivity index (χ3n) is 4.67. The normalized spacial score (nSPS) is 11.2. The van der Waals surface area contributed by atoms with Crippen LogP contribution in [0.15, 0.2) is 22.6 Å².